The number of benzene rings is 8. The lowest BCUT2D eigenvalue weighted by molar-refractivity contribution is 0.487. The Balaban J connectivity index is 1.12. The fourth-order valence-corrected chi connectivity index (χ4v) is 6.86. The molecule has 0 amide bonds. The van der Waals surface area contributed by atoms with Gasteiger partial charge in [0.2, 0.25) is 0 Å². The lowest BCUT2D eigenvalue weighted by Crippen LogP contribution is -2.09. The average Bonchev–Trinajstić information content (AvgIpc) is 3.13. The second-order valence-corrected chi connectivity index (χ2v) is 11.8. The van der Waals surface area contributed by atoms with Gasteiger partial charge in [0.05, 0.1) is 0 Å². The van der Waals surface area contributed by atoms with Gasteiger partial charge in [-0.3, -0.25) is 0 Å². The minimum Gasteiger partial charge on any atom is -0.456 e. The molecule has 0 fully saturated rings. The largest absolute Gasteiger partial charge is 0.456 e. The maximum Gasteiger partial charge on any atom is 0.135 e. The van der Waals surface area contributed by atoms with Crippen molar-refractivity contribution in [2.75, 3.05) is 4.90 Å². The molecule has 2 heteroatoms. The van der Waals surface area contributed by atoms with Gasteiger partial charge in [0.25, 0.3) is 0 Å². The molecule has 8 aromatic rings. The molecule has 0 bridgehead atoms. The summed E-state index contributed by atoms with van der Waals surface area (Å²) in [5, 5.41) is 4.88. The fourth-order valence-electron chi connectivity index (χ4n) is 6.86. The van der Waals surface area contributed by atoms with Gasteiger partial charge in [-0.2, -0.15) is 0 Å². The SMILES string of the molecule is c1ccc(N(c2ccc(-c3cccc4ccccc34)cc2)c2cccc(-c3ccc4c(c3)-c3cccc5cccc(c35)O4)c2)cc1. The zero-order valence-electron chi connectivity index (χ0n) is 25.1. The normalized spacial score (nSPS) is 11.7. The molecule has 216 valence electrons. The first-order valence-electron chi connectivity index (χ1n) is 15.7. The van der Waals surface area contributed by atoms with Crippen molar-refractivity contribution in [3.63, 3.8) is 0 Å². The molecule has 2 nitrogen and oxygen atoms in total. The predicted molar refractivity (Wildman–Crippen MR) is 193 cm³/mol. The summed E-state index contributed by atoms with van der Waals surface area (Å²) in [4.78, 5) is 2.33. The molecule has 0 atom stereocenters. The Labute approximate surface area is 268 Å². The minimum atomic E-state index is 0.892. The van der Waals surface area contributed by atoms with Crippen LogP contribution in [0.2, 0.25) is 0 Å². The van der Waals surface area contributed by atoms with E-state index in [1.807, 2.05) is 0 Å². The molecule has 9 rings (SSSR count). The van der Waals surface area contributed by atoms with E-state index in [-0.39, 0.29) is 0 Å². The molecule has 0 saturated carbocycles. The maximum atomic E-state index is 6.37. The molecule has 0 radical (unpaired) electrons. The number of para-hydroxylation sites is 1. The molecular weight excluding hydrogens is 558 g/mol. The summed E-state index contributed by atoms with van der Waals surface area (Å²) in [6.07, 6.45) is 0. The van der Waals surface area contributed by atoms with Gasteiger partial charge in [0.1, 0.15) is 11.5 Å². The van der Waals surface area contributed by atoms with Crippen LogP contribution >= 0.6 is 0 Å². The first-order chi connectivity index (χ1) is 22.8. The van der Waals surface area contributed by atoms with Crippen molar-refractivity contribution in [3.05, 3.63) is 176 Å². The van der Waals surface area contributed by atoms with Gasteiger partial charge in [-0.1, -0.05) is 121 Å². The third-order valence-electron chi connectivity index (χ3n) is 9.03. The van der Waals surface area contributed by atoms with Crippen LogP contribution in [0, 0.1) is 0 Å². The third-order valence-corrected chi connectivity index (χ3v) is 9.03. The number of hydrogen-bond donors (Lipinski definition) is 0. The van der Waals surface area contributed by atoms with Crippen LogP contribution in [0.1, 0.15) is 0 Å². The van der Waals surface area contributed by atoms with E-state index in [0.29, 0.717) is 0 Å². The number of hydrogen-bond acceptors (Lipinski definition) is 2. The van der Waals surface area contributed by atoms with Gasteiger partial charge in [-0.25, -0.2) is 0 Å². The fraction of sp³-hybridized carbons (Fsp3) is 0. The number of ether oxygens (including phenoxy) is 1. The molecule has 0 saturated heterocycles. The van der Waals surface area contributed by atoms with Crippen LogP contribution in [0.25, 0.3) is 54.9 Å². The highest BCUT2D eigenvalue weighted by molar-refractivity contribution is 6.04. The van der Waals surface area contributed by atoms with Gasteiger partial charge in [0.15, 0.2) is 0 Å². The van der Waals surface area contributed by atoms with E-state index in [9.17, 15) is 0 Å². The van der Waals surface area contributed by atoms with E-state index in [2.05, 4.69) is 181 Å². The highest BCUT2D eigenvalue weighted by Crippen LogP contribution is 2.48. The van der Waals surface area contributed by atoms with E-state index in [0.717, 1.165) is 45.3 Å². The van der Waals surface area contributed by atoms with Gasteiger partial charge in [-0.05, 0) is 98.6 Å². The Kier molecular flexibility index (Phi) is 6.17. The molecule has 0 N–H and O–H groups in total. The van der Waals surface area contributed by atoms with Crippen molar-refractivity contribution < 1.29 is 4.74 Å². The van der Waals surface area contributed by atoms with E-state index in [4.69, 9.17) is 4.74 Å². The number of anilines is 3. The van der Waals surface area contributed by atoms with Crippen LogP contribution in [0.4, 0.5) is 17.1 Å². The van der Waals surface area contributed by atoms with Crippen LogP contribution in [0.15, 0.2) is 176 Å². The molecule has 1 aliphatic rings. The van der Waals surface area contributed by atoms with E-state index in [1.54, 1.807) is 0 Å². The Morgan fingerprint density at radius 2 is 0.978 bits per heavy atom. The molecule has 1 heterocycles. The van der Waals surface area contributed by atoms with Crippen molar-refractivity contribution in [1.82, 2.24) is 0 Å². The number of rotatable bonds is 5. The van der Waals surface area contributed by atoms with Crippen LogP contribution in [0.5, 0.6) is 11.5 Å². The summed E-state index contributed by atoms with van der Waals surface area (Å²) in [6.45, 7) is 0. The van der Waals surface area contributed by atoms with Crippen molar-refractivity contribution in [1.29, 1.82) is 0 Å². The summed E-state index contributed by atoms with van der Waals surface area (Å²) >= 11 is 0. The standard InChI is InChI=1S/C44H29NO/c1-2-15-35(16-3-1)45(36-25-22-31(23-26-36)39-19-7-11-30-10-4-5-18-38(30)39)37-17-6-14-33(28-37)34-24-27-42-41(29-34)40-20-8-12-32-13-9-21-43(46-42)44(32)40/h1-29H. The van der Waals surface area contributed by atoms with Crippen molar-refractivity contribution in [3.8, 4) is 44.9 Å². The Hall–Kier alpha value is -6.12. The molecule has 46 heavy (non-hydrogen) atoms. The summed E-state index contributed by atoms with van der Waals surface area (Å²) < 4.78 is 6.37. The van der Waals surface area contributed by atoms with Gasteiger partial charge < -0.3 is 9.64 Å². The quantitative estimate of drug-likeness (QED) is 0.199. The molecule has 0 aliphatic carbocycles. The highest BCUT2D eigenvalue weighted by Gasteiger charge is 2.21. The Morgan fingerprint density at radius 1 is 0.348 bits per heavy atom. The van der Waals surface area contributed by atoms with Crippen molar-refractivity contribution >= 4 is 38.6 Å². The highest BCUT2D eigenvalue weighted by atomic mass is 16.5. The summed E-state index contributed by atoms with van der Waals surface area (Å²) in [7, 11) is 0. The first-order valence-corrected chi connectivity index (χ1v) is 15.7. The maximum absolute atomic E-state index is 6.37. The molecule has 1 aliphatic heterocycles. The topological polar surface area (TPSA) is 12.5 Å². The Bertz CT molecular complexity index is 2380. The van der Waals surface area contributed by atoms with Crippen molar-refractivity contribution in [2.24, 2.45) is 0 Å². The van der Waals surface area contributed by atoms with Crippen LogP contribution < -0.4 is 9.64 Å². The third kappa shape index (κ3) is 4.43. The smallest absolute Gasteiger partial charge is 0.135 e. The second-order valence-electron chi connectivity index (χ2n) is 11.8. The zero-order valence-corrected chi connectivity index (χ0v) is 25.1. The zero-order chi connectivity index (χ0) is 30.5. The van der Waals surface area contributed by atoms with Crippen LogP contribution in [0.3, 0.4) is 0 Å². The average molecular weight is 588 g/mol. The molecule has 0 aromatic heterocycles. The Morgan fingerprint density at radius 3 is 1.85 bits per heavy atom. The monoisotopic (exact) mass is 587 g/mol. The van der Waals surface area contributed by atoms with Crippen LogP contribution in [-0.4, -0.2) is 0 Å². The summed E-state index contributed by atoms with van der Waals surface area (Å²) in [6, 6.07) is 62.7. The first kappa shape index (κ1) is 26.3. The predicted octanol–water partition coefficient (Wildman–Crippen LogP) is 12.6. The van der Waals surface area contributed by atoms with Crippen LogP contribution in [-0.2, 0) is 0 Å². The minimum absolute atomic E-state index is 0.892. The molecule has 8 aromatic carbocycles. The van der Waals surface area contributed by atoms with E-state index < -0.39 is 0 Å². The number of fused-ring (bicyclic) bond motifs is 3. The van der Waals surface area contributed by atoms with Gasteiger partial charge >= 0.3 is 0 Å². The molecule has 0 spiro atoms. The second kappa shape index (κ2) is 10.8. The summed E-state index contributed by atoms with van der Waals surface area (Å²) in [5.74, 6) is 1.81. The molecular formula is C44H29NO. The van der Waals surface area contributed by atoms with Gasteiger partial charge in [0, 0.05) is 28.0 Å². The lowest BCUT2D eigenvalue weighted by atomic mass is 9.92. The van der Waals surface area contributed by atoms with E-state index >= 15 is 0 Å². The summed E-state index contributed by atoms with van der Waals surface area (Å²) in [5.41, 5.74) is 10.4. The van der Waals surface area contributed by atoms with E-state index in [1.165, 1.54) is 38.2 Å². The number of nitrogens with zero attached hydrogens (tertiary/aromatic N) is 1. The van der Waals surface area contributed by atoms with Crippen molar-refractivity contribution in [2.45, 2.75) is 0 Å². The lowest BCUT2D eigenvalue weighted by Gasteiger charge is -2.26. The van der Waals surface area contributed by atoms with Gasteiger partial charge in [-0.15, -0.1) is 0 Å². The molecule has 0 unspecified atom stereocenters.